The third-order valence-electron chi connectivity index (χ3n) is 6.54. The smallest absolute Gasteiger partial charge is 0.410 e. The molecule has 2 heterocycles. The van der Waals surface area contributed by atoms with Crippen LogP contribution in [0.3, 0.4) is 0 Å². The molecule has 0 aromatic heterocycles. The molecule has 9 nitrogen and oxygen atoms in total. The van der Waals surface area contributed by atoms with Crippen LogP contribution in [0.2, 0.25) is 0 Å². The van der Waals surface area contributed by atoms with Crippen molar-refractivity contribution in [3.63, 3.8) is 0 Å². The first-order chi connectivity index (χ1) is 19.1. The van der Waals surface area contributed by atoms with Gasteiger partial charge in [-0.3, -0.25) is 4.79 Å². The number of piperidine rings is 2. The van der Waals surface area contributed by atoms with Gasteiger partial charge in [0, 0.05) is 49.0 Å². The molecule has 0 N–H and O–H groups in total. The van der Waals surface area contributed by atoms with E-state index in [9.17, 15) is 22.8 Å². The maximum atomic E-state index is 11.9. The van der Waals surface area contributed by atoms with Crippen molar-refractivity contribution in [1.29, 1.82) is 0 Å². The Morgan fingerprint density at radius 3 is 1.55 bits per heavy atom. The van der Waals surface area contributed by atoms with Gasteiger partial charge in [-0.05, 0) is 36.8 Å². The molecule has 0 aliphatic carbocycles. The lowest BCUT2D eigenvalue weighted by Gasteiger charge is -2.30. The number of carbonyl (C=O) groups is 3. The second-order valence-corrected chi connectivity index (χ2v) is 13.9. The maximum Gasteiger partial charge on any atom is 0.410 e. The van der Waals surface area contributed by atoms with Crippen LogP contribution in [0.5, 0.6) is 0 Å². The van der Waals surface area contributed by atoms with E-state index in [4.69, 9.17) is 20.2 Å². The molecule has 0 saturated carbocycles. The molecule has 2 aliphatic rings. The van der Waals surface area contributed by atoms with Crippen LogP contribution in [0.1, 0.15) is 43.7 Å². The van der Waals surface area contributed by atoms with E-state index < -0.39 is 20.4 Å². The van der Waals surface area contributed by atoms with Gasteiger partial charge in [0.05, 0.1) is 5.25 Å². The number of rotatable bonds is 6. The van der Waals surface area contributed by atoms with Crippen molar-refractivity contribution < 1.29 is 32.3 Å². The van der Waals surface area contributed by atoms with E-state index in [0.717, 1.165) is 24.0 Å². The highest BCUT2D eigenvalue weighted by Crippen LogP contribution is 2.24. The molecule has 2 amide bonds. The molecule has 2 aromatic carbocycles. The number of thioether (sulfide) groups is 1. The predicted octanol–water partition coefficient (Wildman–Crippen LogP) is 5.42. The second kappa shape index (κ2) is 15.9. The topological polar surface area (TPSA) is 110 Å². The minimum atomic E-state index is -3.54. The highest BCUT2D eigenvalue weighted by atomic mass is 35.7. The van der Waals surface area contributed by atoms with Gasteiger partial charge >= 0.3 is 12.2 Å². The van der Waals surface area contributed by atoms with E-state index in [1.165, 1.54) is 16.7 Å². The number of halogens is 1. The lowest BCUT2D eigenvalue weighted by molar-refractivity contribution is -0.109. The SMILES string of the molecule is CC(=O)SC1CCN(C(=O)OCc2ccccc2)CC1.O=C(OCc1ccccc1)N1CCC(S(=O)(=O)Cl)CC1. The van der Waals surface area contributed by atoms with Crippen molar-refractivity contribution in [3.8, 4) is 0 Å². The van der Waals surface area contributed by atoms with Gasteiger partial charge < -0.3 is 19.3 Å². The third kappa shape index (κ3) is 11.0. The Hall–Kier alpha value is -2.76. The van der Waals surface area contributed by atoms with Crippen LogP contribution in [-0.4, -0.2) is 72.2 Å². The summed E-state index contributed by atoms with van der Waals surface area (Å²) in [6.07, 6.45) is 1.73. The van der Waals surface area contributed by atoms with Crippen molar-refractivity contribution in [1.82, 2.24) is 9.80 Å². The van der Waals surface area contributed by atoms with Crippen LogP contribution in [0.4, 0.5) is 9.59 Å². The third-order valence-corrected chi connectivity index (χ3v) is 9.70. The molecule has 4 rings (SSSR count). The predicted molar refractivity (Wildman–Crippen MR) is 155 cm³/mol. The summed E-state index contributed by atoms with van der Waals surface area (Å²) >= 11 is 1.38. The Morgan fingerprint density at radius 2 is 1.18 bits per heavy atom. The molecule has 12 heteroatoms. The van der Waals surface area contributed by atoms with Gasteiger partial charge in [-0.2, -0.15) is 0 Å². The Labute approximate surface area is 244 Å². The average molecular weight is 611 g/mol. The van der Waals surface area contributed by atoms with Crippen LogP contribution in [0.25, 0.3) is 0 Å². The summed E-state index contributed by atoms with van der Waals surface area (Å²) in [5.74, 6) is 0. The zero-order valence-electron chi connectivity index (χ0n) is 22.4. The monoisotopic (exact) mass is 610 g/mol. The number of hydrogen-bond acceptors (Lipinski definition) is 8. The highest BCUT2D eigenvalue weighted by molar-refractivity contribution is 8.14. The zero-order valence-corrected chi connectivity index (χ0v) is 24.8. The van der Waals surface area contributed by atoms with E-state index in [2.05, 4.69) is 0 Å². The first kappa shape index (κ1) is 31.8. The summed E-state index contributed by atoms with van der Waals surface area (Å²) in [5, 5.41) is -0.0804. The number of carbonyl (C=O) groups excluding carboxylic acids is 3. The fourth-order valence-corrected chi connectivity index (χ4v) is 6.56. The summed E-state index contributed by atoms with van der Waals surface area (Å²) < 4.78 is 32.9. The average Bonchev–Trinajstić information content (AvgIpc) is 2.96. The van der Waals surface area contributed by atoms with Gasteiger partial charge in [0.1, 0.15) is 13.2 Å². The molecule has 0 unspecified atom stereocenters. The lowest BCUT2D eigenvalue weighted by atomic mass is 10.1. The number of hydrogen-bond donors (Lipinski definition) is 0. The molecular weight excluding hydrogens is 576 g/mol. The number of amides is 2. The van der Waals surface area contributed by atoms with Crippen molar-refractivity contribution >= 4 is 48.8 Å². The second-order valence-electron chi connectivity index (χ2n) is 9.54. The van der Waals surface area contributed by atoms with E-state index in [0.29, 0.717) is 50.9 Å². The van der Waals surface area contributed by atoms with Gasteiger partial charge in [-0.15, -0.1) is 0 Å². The Bertz CT molecular complexity index is 1200. The molecule has 0 bridgehead atoms. The van der Waals surface area contributed by atoms with Crippen molar-refractivity contribution in [2.24, 2.45) is 0 Å². The number of likely N-dealkylation sites (tertiary alicyclic amines) is 2. The van der Waals surface area contributed by atoms with E-state index in [1.54, 1.807) is 11.8 Å². The van der Waals surface area contributed by atoms with Gasteiger partial charge in [-0.1, -0.05) is 72.4 Å². The summed E-state index contributed by atoms with van der Waals surface area (Å²) in [7, 11) is 1.78. The Kier molecular flexibility index (Phi) is 12.6. The molecule has 2 aliphatic heterocycles. The van der Waals surface area contributed by atoms with Gasteiger partial charge in [0.25, 0.3) is 0 Å². The fraction of sp³-hybridized carbons (Fsp3) is 0.464. The van der Waals surface area contributed by atoms with Crippen LogP contribution in [0.15, 0.2) is 60.7 Å². The van der Waals surface area contributed by atoms with Crippen molar-refractivity contribution in [2.75, 3.05) is 26.2 Å². The summed E-state index contributed by atoms with van der Waals surface area (Å²) in [6, 6.07) is 19.0. The normalized spacial score (nSPS) is 16.4. The molecule has 40 heavy (non-hydrogen) atoms. The van der Waals surface area contributed by atoms with E-state index >= 15 is 0 Å². The van der Waals surface area contributed by atoms with Crippen LogP contribution < -0.4 is 0 Å². The molecular formula is C28H35ClN2O7S2. The first-order valence-corrected chi connectivity index (χ1v) is 16.4. The van der Waals surface area contributed by atoms with Crippen molar-refractivity contribution in [2.45, 2.75) is 56.3 Å². The standard InChI is InChI=1S/C15H19NO3S.C13H16ClNO4S/c1-12(17)20-14-7-9-16(10-8-14)15(18)19-11-13-5-3-2-4-6-13;14-20(17,18)12-6-8-15(9-7-12)13(16)19-10-11-4-2-1-3-5-11/h2-6,14H,7-11H2,1H3;1-5,12H,6-10H2. The highest BCUT2D eigenvalue weighted by Gasteiger charge is 2.30. The molecule has 2 fully saturated rings. The Balaban J connectivity index is 0.000000220. The number of benzene rings is 2. The van der Waals surface area contributed by atoms with Gasteiger partial charge in [-0.25, -0.2) is 18.0 Å². The minimum Gasteiger partial charge on any atom is -0.445 e. The van der Waals surface area contributed by atoms with Crippen LogP contribution in [0, 0.1) is 0 Å². The van der Waals surface area contributed by atoms with Gasteiger partial charge in [0.2, 0.25) is 9.05 Å². The van der Waals surface area contributed by atoms with Gasteiger partial charge in [0.15, 0.2) is 5.12 Å². The fourth-order valence-electron chi connectivity index (χ4n) is 4.33. The molecule has 218 valence electrons. The quantitative estimate of drug-likeness (QED) is 0.399. The molecule has 2 aromatic rings. The van der Waals surface area contributed by atoms with Crippen molar-refractivity contribution in [3.05, 3.63) is 71.8 Å². The summed E-state index contributed by atoms with van der Waals surface area (Å²) in [5.41, 5.74) is 1.90. The van der Waals surface area contributed by atoms with E-state index in [-0.39, 0.29) is 17.8 Å². The number of ether oxygens (including phenoxy) is 2. The lowest BCUT2D eigenvalue weighted by Crippen LogP contribution is -2.41. The molecule has 0 atom stereocenters. The molecule has 2 saturated heterocycles. The summed E-state index contributed by atoms with van der Waals surface area (Å²) in [6.45, 7) is 4.14. The Morgan fingerprint density at radius 1 is 0.775 bits per heavy atom. The number of nitrogens with zero attached hydrogens (tertiary/aromatic N) is 2. The largest absolute Gasteiger partial charge is 0.445 e. The maximum absolute atomic E-state index is 11.9. The zero-order chi connectivity index (χ0) is 29.0. The van der Waals surface area contributed by atoms with Crippen LogP contribution in [-0.2, 0) is 36.5 Å². The van der Waals surface area contributed by atoms with Crippen LogP contribution >= 0.6 is 22.4 Å². The first-order valence-electron chi connectivity index (χ1n) is 13.1. The van der Waals surface area contributed by atoms with E-state index in [1.807, 2.05) is 60.7 Å². The minimum absolute atomic E-state index is 0.148. The molecule has 0 spiro atoms. The molecule has 0 radical (unpaired) electrons. The summed E-state index contributed by atoms with van der Waals surface area (Å²) in [4.78, 5) is 38.1.